The Morgan fingerprint density at radius 3 is 2.75 bits per heavy atom. The average molecular weight is 233 g/mol. The zero-order chi connectivity index (χ0) is 10.8. The normalized spacial score (nSPS) is 25.6. The van der Waals surface area contributed by atoms with Crippen molar-refractivity contribution in [1.82, 2.24) is 5.32 Å². The van der Waals surface area contributed by atoms with Crippen LogP contribution in [0.4, 0.5) is 0 Å². The molecule has 1 saturated heterocycles. The first-order valence-corrected chi connectivity index (χ1v) is 7.28. The molecule has 1 saturated carbocycles. The fourth-order valence-corrected chi connectivity index (χ4v) is 3.67. The summed E-state index contributed by atoms with van der Waals surface area (Å²) in [6.45, 7) is 2.37. The minimum atomic E-state index is 0.746. The number of thioether (sulfide) groups is 1. The highest BCUT2D eigenvalue weighted by Crippen LogP contribution is 2.42. The molecule has 1 aromatic carbocycles. The van der Waals surface area contributed by atoms with Gasteiger partial charge < -0.3 is 5.32 Å². The minimum absolute atomic E-state index is 0.746. The molecule has 0 aromatic heterocycles. The molecule has 86 valence electrons. The van der Waals surface area contributed by atoms with Crippen LogP contribution in [0.2, 0.25) is 0 Å². The van der Waals surface area contributed by atoms with Crippen LogP contribution < -0.4 is 5.32 Å². The van der Waals surface area contributed by atoms with E-state index in [9.17, 15) is 0 Å². The molecular formula is C14H19NS. The molecule has 1 nitrogen and oxygen atoms in total. The van der Waals surface area contributed by atoms with Gasteiger partial charge in [-0.25, -0.2) is 0 Å². The Bertz CT molecular complexity index is 354. The molecule has 0 radical (unpaired) electrons. The monoisotopic (exact) mass is 233 g/mol. The number of piperidine rings is 1. The van der Waals surface area contributed by atoms with Crippen molar-refractivity contribution in [2.75, 3.05) is 13.1 Å². The summed E-state index contributed by atoms with van der Waals surface area (Å²) >= 11 is 2.10. The molecule has 1 N–H and O–H groups in total. The van der Waals surface area contributed by atoms with E-state index in [2.05, 4.69) is 41.3 Å². The summed E-state index contributed by atoms with van der Waals surface area (Å²) in [5.41, 5.74) is 1.59. The molecule has 1 aromatic rings. The van der Waals surface area contributed by atoms with Crippen molar-refractivity contribution in [3.05, 3.63) is 29.8 Å². The highest BCUT2D eigenvalue weighted by Gasteiger charge is 2.25. The fourth-order valence-electron chi connectivity index (χ4n) is 2.41. The highest BCUT2D eigenvalue weighted by atomic mass is 32.2. The highest BCUT2D eigenvalue weighted by molar-refractivity contribution is 8.00. The molecule has 2 aliphatic rings. The van der Waals surface area contributed by atoms with Crippen LogP contribution in [0.1, 0.15) is 37.2 Å². The van der Waals surface area contributed by atoms with Crippen molar-refractivity contribution in [2.45, 2.75) is 41.7 Å². The second-order valence-corrected chi connectivity index (χ2v) is 6.24. The predicted octanol–water partition coefficient (Wildman–Crippen LogP) is 3.41. The lowest BCUT2D eigenvalue weighted by Gasteiger charge is -2.25. The molecule has 1 atom stereocenters. The van der Waals surface area contributed by atoms with Crippen molar-refractivity contribution in [2.24, 2.45) is 0 Å². The Morgan fingerprint density at radius 2 is 2.00 bits per heavy atom. The van der Waals surface area contributed by atoms with Crippen LogP contribution in [0.5, 0.6) is 0 Å². The van der Waals surface area contributed by atoms with E-state index in [4.69, 9.17) is 0 Å². The Morgan fingerprint density at radius 1 is 1.12 bits per heavy atom. The molecule has 0 amide bonds. The zero-order valence-corrected chi connectivity index (χ0v) is 10.4. The molecule has 1 unspecified atom stereocenters. The quantitative estimate of drug-likeness (QED) is 0.858. The van der Waals surface area contributed by atoms with Gasteiger partial charge in [0.15, 0.2) is 0 Å². The van der Waals surface area contributed by atoms with E-state index in [-0.39, 0.29) is 0 Å². The maximum atomic E-state index is 3.52. The molecule has 2 fully saturated rings. The SMILES string of the molecule is c1ccc(C2CCCNC2)c(SC2CC2)c1. The van der Waals surface area contributed by atoms with Crippen molar-refractivity contribution in [3.63, 3.8) is 0 Å². The van der Waals surface area contributed by atoms with Crippen LogP contribution in [0.3, 0.4) is 0 Å². The van der Waals surface area contributed by atoms with Gasteiger partial charge in [-0.3, -0.25) is 0 Å². The third kappa shape index (κ3) is 2.44. The molecule has 3 rings (SSSR count). The predicted molar refractivity (Wildman–Crippen MR) is 70.2 cm³/mol. The Labute approximate surface area is 102 Å². The summed E-state index contributed by atoms with van der Waals surface area (Å²) < 4.78 is 0. The van der Waals surface area contributed by atoms with Gasteiger partial charge in [0.1, 0.15) is 0 Å². The number of benzene rings is 1. The molecule has 1 aliphatic heterocycles. The Kier molecular flexibility index (Phi) is 3.20. The smallest absolute Gasteiger partial charge is 0.0110 e. The largest absolute Gasteiger partial charge is 0.316 e. The summed E-state index contributed by atoms with van der Waals surface area (Å²) in [4.78, 5) is 1.54. The van der Waals surface area contributed by atoms with E-state index in [1.165, 1.54) is 38.8 Å². The van der Waals surface area contributed by atoms with Crippen LogP contribution in [-0.2, 0) is 0 Å². The third-order valence-electron chi connectivity index (χ3n) is 3.47. The van der Waals surface area contributed by atoms with Crippen LogP contribution in [0, 0.1) is 0 Å². The van der Waals surface area contributed by atoms with Crippen molar-refractivity contribution in [3.8, 4) is 0 Å². The molecule has 0 spiro atoms. The van der Waals surface area contributed by atoms with E-state index in [1.807, 2.05) is 0 Å². The summed E-state index contributed by atoms with van der Waals surface area (Å²) in [6.07, 6.45) is 5.52. The Hall–Kier alpha value is -0.470. The van der Waals surface area contributed by atoms with Crippen LogP contribution in [-0.4, -0.2) is 18.3 Å². The summed E-state index contributed by atoms with van der Waals surface area (Å²) in [7, 11) is 0. The standard InChI is InChI=1S/C14H19NS/c1-2-6-14(16-12-7-8-12)13(5-1)11-4-3-9-15-10-11/h1-2,5-6,11-12,15H,3-4,7-10H2. The molecule has 2 heteroatoms. The van der Waals surface area contributed by atoms with E-state index >= 15 is 0 Å². The van der Waals surface area contributed by atoms with Crippen molar-refractivity contribution in [1.29, 1.82) is 0 Å². The lowest BCUT2D eigenvalue weighted by Crippen LogP contribution is -2.28. The van der Waals surface area contributed by atoms with Gasteiger partial charge in [-0.15, -0.1) is 11.8 Å². The third-order valence-corrected chi connectivity index (χ3v) is 4.90. The van der Waals surface area contributed by atoms with E-state index in [0.717, 1.165) is 11.2 Å². The summed E-state index contributed by atoms with van der Waals surface area (Å²) in [5, 5.41) is 4.43. The molecular weight excluding hydrogens is 214 g/mol. The molecule has 1 heterocycles. The first-order valence-electron chi connectivity index (χ1n) is 6.40. The number of nitrogens with one attached hydrogen (secondary N) is 1. The number of rotatable bonds is 3. The number of hydrogen-bond acceptors (Lipinski definition) is 2. The topological polar surface area (TPSA) is 12.0 Å². The first kappa shape index (κ1) is 10.7. The number of hydrogen-bond donors (Lipinski definition) is 1. The fraction of sp³-hybridized carbons (Fsp3) is 0.571. The summed E-state index contributed by atoms with van der Waals surface area (Å²) in [6, 6.07) is 9.03. The maximum absolute atomic E-state index is 3.52. The van der Waals surface area contributed by atoms with E-state index in [0.29, 0.717) is 0 Å². The zero-order valence-electron chi connectivity index (χ0n) is 9.61. The van der Waals surface area contributed by atoms with Gasteiger partial charge in [0.05, 0.1) is 0 Å². The van der Waals surface area contributed by atoms with Gasteiger partial charge in [-0.05, 0) is 49.8 Å². The van der Waals surface area contributed by atoms with Crippen LogP contribution in [0.25, 0.3) is 0 Å². The van der Waals surface area contributed by atoms with Crippen LogP contribution >= 0.6 is 11.8 Å². The Balaban J connectivity index is 1.79. The maximum Gasteiger partial charge on any atom is 0.0110 e. The van der Waals surface area contributed by atoms with Gasteiger partial charge >= 0.3 is 0 Å². The summed E-state index contributed by atoms with van der Waals surface area (Å²) in [5.74, 6) is 0.746. The second-order valence-electron chi connectivity index (χ2n) is 4.90. The average Bonchev–Trinajstić information content (AvgIpc) is 3.15. The van der Waals surface area contributed by atoms with Gasteiger partial charge in [0, 0.05) is 16.7 Å². The van der Waals surface area contributed by atoms with Gasteiger partial charge in [0.25, 0.3) is 0 Å². The minimum Gasteiger partial charge on any atom is -0.316 e. The van der Waals surface area contributed by atoms with E-state index in [1.54, 1.807) is 10.5 Å². The molecule has 0 bridgehead atoms. The first-order chi connectivity index (χ1) is 7.93. The van der Waals surface area contributed by atoms with Crippen molar-refractivity contribution < 1.29 is 0 Å². The van der Waals surface area contributed by atoms with Gasteiger partial charge in [-0.2, -0.15) is 0 Å². The van der Waals surface area contributed by atoms with Crippen molar-refractivity contribution >= 4 is 11.8 Å². The van der Waals surface area contributed by atoms with Gasteiger partial charge in [-0.1, -0.05) is 18.2 Å². The molecule has 1 aliphatic carbocycles. The second kappa shape index (κ2) is 4.80. The van der Waals surface area contributed by atoms with Gasteiger partial charge in [0.2, 0.25) is 0 Å². The lowest BCUT2D eigenvalue weighted by atomic mass is 9.92. The van der Waals surface area contributed by atoms with Crippen LogP contribution in [0.15, 0.2) is 29.2 Å². The van der Waals surface area contributed by atoms with E-state index < -0.39 is 0 Å². The lowest BCUT2D eigenvalue weighted by molar-refractivity contribution is 0.457. The molecule has 16 heavy (non-hydrogen) atoms.